The van der Waals surface area contributed by atoms with Crippen molar-refractivity contribution in [3.63, 3.8) is 0 Å². The number of benzene rings is 1. The first-order valence-corrected chi connectivity index (χ1v) is 6.80. The Labute approximate surface area is 108 Å². The molecule has 2 rings (SSSR count). The summed E-state index contributed by atoms with van der Waals surface area (Å²) in [5.41, 5.74) is 2.05. The van der Waals surface area contributed by atoms with Crippen LogP contribution in [0.1, 0.15) is 36.8 Å². The Morgan fingerprint density at radius 1 is 1.39 bits per heavy atom. The van der Waals surface area contributed by atoms with Crippen LogP contribution in [0.3, 0.4) is 0 Å². The second-order valence-corrected chi connectivity index (χ2v) is 5.31. The Morgan fingerprint density at radius 3 is 2.78 bits per heavy atom. The molecule has 0 radical (unpaired) electrons. The van der Waals surface area contributed by atoms with Crippen molar-refractivity contribution in [3.8, 4) is 0 Å². The van der Waals surface area contributed by atoms with Gasteiger partial charge >= 0.3 is 0 Å². The van der Waals surface area contributed by atoms with Crippen molar-refractivity contribution < 1.29 is 9.50 Å². The quantitative estimate of drug-likeness (QED) is 0.843. The van der Waals surface area contributed by atoms with E-state index in [1.165, 1.54) is 18.9 Å². The van der Waals surface area contributed by atoms with Gasteiger partial charge < -0.3 is 10.4 Å². The molecule has 1 saturated carbocycles. The van der Waals surface area contributed by atoms with Crippen molar-refractivity contribution >= 4 is 0 Å². The molecule has 0 aromatic heterocycles. The average molecular weight is 251 g/mol. The standard InChI is InChI=1S/C15H22FNO/c1-11-8-14(16)7-6-13(11)9-17-10-15(18)12-4-2-3-5-12/h6-8,12,15,17-18H,2-5,9-10H2,1H3. The fourth-order valence-corrected chi connectivity index (χ4v) is 2.72. The minimum Gasteiger partial charge on any atom is -0.392 e. The lowest BCUT2D eigenvalue weighted by atomic mass is 10.0. The van der Waals surface area contributed by atoms with Gasteiger partial charge in [0, 0.05) is 13.1 Å². The third kappa shape index (κ3) is 3.53. The smallest absolute Gasteiger partial charge is 0.123 e. The summed E-state index contributed by atoms with van der Waals surface area (Å²) in [7, 11) is 0. The first-order valence-electron chi connectivity index (χ1n) is 6.80. The number of aryl methyl sites for hydroxylation is 1. The van der Waals surface area contributed by atoms with Crippen molar-refractivity contribution in [1.82, 2.24) is 5.32 Å². The lowest BCUT2D eigenvalue weighted by Crippen LogP contribution is -2.31. The number of aliphatic hydroxyl groups excluding tert-OH is 1. The van der Waals surface area contributed by atoms with Crippen molar-refractivity contribution in [2.75, 3.05) is 6.54 Å². The number of hydrogen-bond acceptors (Lipinski definition) is 2. The van der Waals surface area contributed by atoms with Gasteiger partial charge in [0.25, 0.3) is 0 Å². The molecule has 1 unspecified atom stereocenters. The topological polar surface area (TPSA) is 32.3 Å². The number of hydrogen-bond donors (Lipinski definition) is 2. The molecule has 0 spiro atoms. The third-order valence-electron chi connectivity index (χ3n) is 3.92. The van der Waals surface area contributed by atoms with Crippen molar-refractivity contribution in [2.24, 2.45) is 5.92 Å². The molecule has 1 atom stereocenters. The summed E-state index contributed by atoms with van der Waals surface area (Å²) in [6, 6.07) is 4.83. The zero-order valence-electron chi connectivity index (χ0n) is 11.0. The fraction of sp³-hybridized carbons (Fsp3) is 0.600. The Kier molecular flexibility index (Phi) is 4.72. The van der Waals surface area contributed by atoms with Crippen LogP contribution < -0.4 is 5.32 Å². The number of rotatable bonds is 5. The number of nitrogens with one attached hydrogen (secondary N) is 1. The molecular formula is C15H22FNO. The second-order valence-electron chi connectivity index (χ2n) is 5.31. The predicted octanol–water partition coefficient (Wildman–Crippen LogP) is 2.77. The van der Waals surface area contributed by atoms with Crippen LogP contribution in [0.25, 0.3) is 0 Å². The van der Waals surface area contributed by atoms with E-state index < -0.39 is 0 Å². The van der Waals surface area contributed by atoms with Gasteiger partial charge in [-0.1, -0.05) is 18.9 Å². The molecule has 0 heterocycles. The zero-order valence-corrected chi connectivity index (χ0v) is 11.0. The molecule has 1 aromatic rings. The van der Waals surface area contributed by atoms with Gasteiger partial charge in [0.15, 0.2) is 0 Å². The van der Waals surface area contributed by atoms with Crippen molar-refractivity contribution in [3.05, 3.63) is 35.1 Å². The SMILES string of the molecule is Cc1cc(F)ccc1CNCC(O)C1CCCC1. The Morgan fingerprint density at radius 2 is 2.11 bits per heavy atom. The van der Waals surface area contributed by atoms with Gasteiger partial charge in [0.05, 0.1) is 6.10 Å². The minimum absolute atomic E-state index is 0.192. The van der Waals surface area contributed by atoms with E-state index in [-0.39, 0.29) is 11.9 Å². The van der Waals surface area contributed by atoms with E-state index in [1.54, 1.807) is 12.1 Å². The van der Waals surface area contributed by atoms with E-state index in [1.807, 2.05) is 6.92 Å². The molecule has 1 fully saturated rings. The maximum absolute atomic E-state index is 12.9. The summed E-state index contributed by atoms with van der Waals surface area (Å²) in [6.45, 7) is 3.23. The van der Waals surface area contributed by atoms with Crippen LogP contribution in [0, 0.1) is 18.7 Å². The third-order valence-corrected chi connectivity index (χ3v) is 3.92. The van der Waals surface area contributed by atoms with Crippen LogP contribution >= 0.6 is 0 Å². The maximum Gasteiger partial charge on any atom is 0.123 e. The van der Waals surface area contributed by atoms with Gasteiger partial charge in [-0.15, -0.1) is 0 Å². The molecule has 0 bridgehead atoms. The molecule has 18 heavy (non-hydrogen) atoms. The molecule has 100 valence electrons. The lowest BCUT2D eigenvalue weighted by molar-refractivity contribution is 0.109. The normalized spacial score (nSPS) is 18.2. The number of halogens is 1. The van der Waals surface area contributed by atoms with Crippen LogP contribution in [-0.2, 0) is 6.54 Å². The second kappa shape index (κ2) is 6.30. The van der Waals surface area contributed by atoms with E-state index in [4.69, 9.17) is 0 Å². The molecule has 1 aromatic carbocycles. The molecule has 1 aliphatic rings. The lowest BCUT2D eigenvalue weighted by Gasteiger charge is -2.18. The van der Waals surface area contributed by atoms with Gasteiger partial charge in [0.2, 0.25) is 0 Å². The van der Waals surface area contributed by atoms with E-state index in [2.05, 4.69) is 5.32 Å². The number of aliphatic hydroxyl groups is 1. The summed E-state index contributed by atoms with van der Waals surface area (Å²) in [5, 5.41) is 13.3. The van der Waals surface area contributed by atoms with Crippen LogP contribution in [0.4, 0.5) is 4.39 Å². The molecule has 0 amide bonds. The van der Waals surface area contributed by atoms with E-state index in [0.717, 1.165) is 24.0 Å². The van der Waals surface area contributed by atoms with Crippen LogP contribution in [0.15, 0.2) is 18.2 Å². The monoisotopic (exact) mass is 251 g/mol. The largest absolute Gasteiger partial charge is 0.392 e. The summed E-state index contributed by atoms with van der Waals surface area (Å²) < 4.78 is 12.9. The van der Waals surface area contributed by atoms with Crippen LogP contribution in [-0.4, -0.2) is 17.8 Å². The highest BCUT2D eigenvalue weighted by Gasteiger charge is 2.22. The Balaban J connectivity index is 1.77. The van der Waals surface area contributed by atoms with Gasteiger partial charge in [0.1, 0.15) is 5.82 Å². The molecule has 0 aliphatic heterocycles. The molecule has 2 nitrogen and oxygen atoms in total. The average Bonchev–Trinajstić information content (AvgIpc) is 2.85. The minimum atomic E-state index is -0.242. The van der Waals surface area contributed by atoms with Gasteiger partial charge in [-0.2, -0.15) is 0 Å². The van der Waals surface area contributed by atoms with Gasteiger partial charge in [-0.05, 0) is 48.9 Å². The fourth-order valence-electron chi connectivity index (χ4n) is 2.72. The summed E-state index contributed by atoms with van der Waals surface area (Å²) >= 11 is 0. The first kappa shape index (κ1) is 13.5. The summed E-state index contributed by atoms with van der Waals surface area (Å²) in [6.07, 6.45) is 4.56. The zero-order chi connectivity index (χ0) is 13.0. The Hall–Kier alpha value is -0.930. The Bertz CT molecular complexity index is 388. The van der Waals surface area contributed by atoms with E-state index in [9.17, 15) is 9.50 Å². The van der Waals surface area contributed by atoms with Crippen LogP contribution in [0.5, 0.6) is 0 Å². The molecule has 0 saturated heterocycles. The van der Waals surface area contributed by atoms with Crippen molar-refractivity contribution in [2.45, 2.75) is 45.3 Å². The molecule has 3 heteroatoms. The highest BCUT2D eigenvalue weighted by Crippen LogP contribution is 2.27. The highest BCUT2D eigenvalue weighted by molar-refractivity contribution is 5.26. The molecular weight excluding hydrogens is 229 g/mol. The molecule has 2 N–H and O–H groups in total. The van der Waals surface area contributed by atoms with Crippen LogP contribution in [0.2, 0.25) is 0 Å². The first-order chi connectivity index (χ1) is 8.66. The predicted molar refractivity (Wildman–Crippen MR) is 70.8 cm³/mol. The van der Waals surface area contributed by atoms with E-state index >= 15 is 0 Å². The van der Waals surface area contributed by atoms with E-state index in [0.29, 0.717) is 19.0 Å². The van der Waals surface area contributed by atoms with Gasteiger partial charge in [-0.3, -0.25) is 0 Å². The van der Waals surface area contributed by atoms with Crippen molar-refractivity contribution in [1.29, 1.82) is 0 Å². The maximum atomic E-state index is 12.9. The summed E-state index contributed by atoms with van der Waals surface area (Å²) in [5.74, 6) is 0.272. The molecule has 1 aliphatic carbocycles. The summed E-state index contributed by atoms with van der Waals surface area (Å²) in [4.78, 5) is 0. The highest BCUT2D eigenvalue weighted by atomic mass is 19.1. The van der Waals surface area contributed by atoms with Gasteiger partial charge in [-0.25, -0.2) is 4.39 Å².